The van der Waals surface area contributed by atoms with E-state index in [1.807, 2.05) is 26.1 Å². The first-order valence-electron chi connectivity index (χ1n) is 7.00. The van der Waals surface area contributed by atoms with Crippen LogP contribution in [0.4, 0.5) is 4.39 Å². The molecule has 1 aromatic carbocycles. The van der Waals surface area contributed by atoms with Crippen molar-refractivity contribution in [2.75, 3.05) is 13.6 Å². The van der Waals surface area contributed by atoms with Crippen LogP contribution >= 0.6 is 0 Å². The highest BCUT2D eigenvalue weighted by Gasteiger charge is 2.14. The summed E-state index contributed by atoms with van der Waals surface area (Å²) >= 11 is 0. The maximum atomic E-state index is 13.7. The summed E-state index contributed by atoms with van der Waals surface area (Å²) < 4.78 is 13.7. The van der Waals surface area contributed by atoms with E-state index >= 15 is 0 Å². The average molecular weight is 281 g/mol. The maximum Gasteiger partial charge on any atom is 0.233 e. The molecule has 1 unspecified atom stereocenters. The molecule has 0 aliphatic heterocycles. The number of benzene rings is 1. The molecule has 0 bridgehead atoms. The number of hydrazine groups is 1. The van der Waals surface area contributed by atoms with Gasteiger partial charge in [-0.05, 0) is 39.4 Å². The Balaban J connectivity index is 2.30. The number of hydrogen-bond acceptors (Lipinski definition) is 3. The Morgan fingerprint density at radius 1 is 1.35 bits per heavy atom. The fraction of sp³-hybridized carbons (Fsp3) is 0.533. The zero-order chi connectivity index (χ0) is 15.0. The molecule has 0 spiro atoms. The summed E-state index contributed by atoms with van der Waals surface area (Å²) in [6, 6.07) is 6.92. The molecule has 1 rings (SSSR count). The van der Waals surface area contributed by atoms with Gasteiger partial charge in [0.25, 0.3) is 0 Å². The first-order chi connectivity index (χ1) is 9.56. The molecule has 4 nitrogen and oxygen atoms in total. The maximum absolute atomic E-state index is 13.7. The average Bonchev–Trinajstić information content (AvgIpc) is 2.46. The van der Waals surface area contributed by atoms with Crippen LogP contribution in [0.25, 0.3) is 0 Å². The van der Waals surface area contributed by atoms with Gasteiger partial charge < -0.3 is 0 Å². The summed E-state index contributed by atoms with van der Waals surface area (Å²) in [5.74, 6) is 4.72. The Labute approximate surface area is 120 Å². The second kappa shape index (κ2) is 8.66. The monoisotopic (exact) mass is 281 g/mol. The van der Waals surface area contributed by atoms with E-state index in [9.17, 15) is 9.18 Å². The number of nitrogens with two attached hydrogens (primary N) is 1. The third kappa shape index (κ3) is 5.27. The minimum Gasteiger partial charge on any atom is -0.300 e. The first-order valence-corrected chi connectivity index (χ1v) is 7.00. The zero-order valence-corrected chi connectivity index (χ0v) is 12.2. The molecule has 1 amide bonds. The van der Waals surface area contributed by atoms with E-state index in [4.69, 9.17) is 5.84 Å². The quantitative estimate of drug-likeness (QED) is 0.333. The van der Waals surface area contributed by atoms with Crippen LogP contribution in [0.15, 0.2) is 24.3 Å². The van der Waals surface area contributed by atoms with Gasteiger partial charge >= 0.3 is 0 Å². The third-order valence-electron chi connectivity index (χ3n) is 3.59. The molecule has 0 radical (unpaired) electrons. The van der Waals surface area contributed by atoms with Gasteiger partial charge in [-0.1, -0.05) is 24.6 Å². The lowest BCUT2D eigenvalue weighted by molar-refractivity contribution is -0.121. The number of rotatable bonds is 8. The molecule has 112 valence electrons. The van der Waals surface area contributed by atoms with Crippen molar-refractivity contribution in [3.05, 3.63) is 35.6 Å². The first kappa shape index (κ1) is 16.6. The predicted molar refractivity (Wildman–Crippen MR) is 78.2 cm³/mol. The van der Waals surface area contributed by atoms with Gasteiger partial charge in [-0.15, -0.1) is 0 Å². The fourth-order valence-electron chi connectivity index (χ4n) is 2.14. The summed E-state index contributed by atoms with van der Waals surface area (Å²) in [5, 5.41) is 0. The summed E-state index contributed by atoms with van der Waals surface area (Å²) in [6.45, 7) is 2.88. The van der Waals surface area contributed by atoms with E-state index in [1.54, 1.807) is 6.07 Å². The number of amides is 1. The Kier molecular flexibility index (Phi) is 7.18. The molecule has 5 heteroatoms. The molecule has 0 aliphatic carbocycles. The van der Waals surface area contributed by atoms with Crippen LogP contribution in [0, 0.1) is 5.82 Å². The molecular weight excluding hydrogens is 257 g/mol. The number of hydrogen-bond donors (Lipinski definition) is 2. The normalized spacial score (nSPS) is 12.4. The smallest absolute Gasteiger partial charge is 0.233 e. The Hall–Kier alpha value is -1.46. The number of carbonyl (C=O) groups excluding carboxylic acids is 1. The SMILES string of the molecule is CC(c1ccccc1F)N(C)CCCCCC(=O)NN. The molecule has 0 aliphatic rings. The highest BCUT2D eigenvalue weighted by molar-refractivity contribution is 5.74. The standard InChI is InChI=1S/C15H24FN3O/c1-12(13-8-5-6-9-14(13)16)19(2)11-7-3-4-10-15(20)18-17/h5-6,8-9,12H,3-4,7,10-11,17H2,1-2H3,(H,18,20). The minimum atomic E-state index is -0.161. The Bertz CT molecular complexity index is 425. The Morgan fingerprint density at radius 3 is 2.70 bits per heavy atom. The molecule has 0 saturated heterocycles. The topological polar surface area (TPSA) is 58.4 Å². The zero-order valence-electron chi connectivity index (χ0n) is 12.2. The molecule has 0 heterocycles. The van der Waals surface area contributed by atoms with E-state index < -0.39 is 0 Å². The van der Waals surface area contributed by atoms with Gasteiger partial charge in [0.15, 0.2) is 0 Å². The van der Waals surface area contributed by atoms with Gasteiger partial charge in [0.1, 0.15) is 5.82 Å². The summed E-state index contributed by atoms with van der Waals surface area (Å²) in [6.07, 6.45) is 3.23. The van der Waals surface area contributed by atoms with E-state index in [0.717, 1.165) is 31.4 Å². The summed E-state index contributed by atoms with van der Waals surface area (Å²) in [7, 11) is 1.99. The van der Waals surface area contributed by atoms with Crippen molar-refractivity contribution in [1.29, 1.82) is 0 Å². The number of nitrogens with one attached hydrogen (secondary N) is 1. The predicted octanol–water partition coefficient (Wildman–Crippen LogP) is 2.37. The van der Waals surface area contributed by atoms with Crippen LogP contribution in [-0.2, 0) is 4.79 Å². The molecule has 0 fully saturated rings. The van der Waals surface area contributed by atoms with Crippen LogP contribution < -0.4 is 11.3 Å². The van der Waals surface area contributed by atoms with Crippen LogP contribution in [-0.4, -0.2) is 24.4 Å². The van der Waals surface area contributed by atoms with Crippen molar-refractivity contribution >= 4 is 5.91 Å². The number of halogens is 1. The molecule has 1 atom stereocenters. The van der Waals surface area contributed by atoms with Gasteiger partial charge in [-0.25, -0.2) is 10.2 Å². The Morgan fingerprint density at radius 2 is 2.05 bits per heavy atom. The lowest BCUT2D eigenvalue weighted by Crippen LogP contribution is -2.29. The molecular formula is C15H24FN3O. The van der Waals surface area contributed by atoms with Gasteiger partial charge in [0.2, 0.25) is 5.91 Å². The van der Waals surface area contributed by atoms with Crippen LogP contribution in [0.1, 0.15) is 44.2 Å². The van der Waals surface area contributed by atoms with Gasteiger partial charge in [-0.3, -0.25) is 15.1 Å². The van der Waals surface area contributed by atoms with E-state index in [0.29, 0.717) is 6.42 Å². The van der Waals surface area contributed by atoms with Crippen molar-refractivity contribution in [3.63, 3.8) is 0 Å². The summed E-state index contributed by atoms with van der Waals surface area (Å²) in [4.78, 5) is 13.1. The second-order valence-corrected chi connectivity index (χ2v) is 5.06. The fourth-order valence-corrected chi connectivity index (χ4v) is 2.14. The van der Waals surface area contributed by atoms with E-state index in [-0.39, 0.29) is 17.8 Å². The molecule has 0 saturated carbocycles. The lowest BCUT2D eigenvalue weighted by atomic mass is 10.1. The molecule has 20 heavy (non-hydrogen) atoms. The van der Waals surface area contributed by atoms with Crippen LogP contribution in [0.3, 0.4) is 0 Å². The van der Waals surface area contributed by atoms with Crippen molar-refractivity contribution in [1.82, 2.24) is 10.3 Å². The van der Waals surface area contributed by atoms with Crippen LogP contribution in [0.5, 0.6) is 0 Å². The highest BCUT2D eigenvalue weighted by atomic mass is 19.1. The number of nitrogens with zero attached hydrogens (tertiary/aromatic N) is 1. The van der Waals surface area contributed by atoms with Crippen molar-refractivity contribution in [2.45, 2.75) is 38.6 Å². The lowest BCUT2D eigenvalue weighted by Gasteiger charge is -2.25. The van der Waals surface area contributed by atoms with Crippen LogP contribution in [0.2, 0.25) is 0 Å². The molecule has 3 N–H and O–H groups in total. The van der Waals surface area contributed by atoms with Crippen molar-refractivity contribution in [2.24, 2.45) is 5.84 Å². The van der Waals surface area contributed by atoms with Gasteiger partial charge in [0.05, 0.1) is 0 Å². The molecule has 0 aromatic heterocycles. The largest absolute Gasteiger partial charge is 0.300 e. The minimum absolute atomic E-state index is 0.0449. The van der Waals surface area contributed by atoms with Gasteiger partial charge in [-0.2, -0.15) is 0 Å². The molecule has 1 aromatic rings. The highest BCUT2D eigenvalue weighted by Crippen LogP contribution is 2.21. The second-order valence-electron chi connectivity index (χ2n) is 5.06. The third-order valence-corrected chi connectivity index (χ3v) is 3.59. The van der Waals surface area contributed by atoms with Gasteiger partial charge in [0, 0.05) is 18.0 Å². The van der Waals surface area contributed by atoms with Crippen molar-refractivity contribution < 1.29 is 9.18 Å². The van der Waals surface area contributed by atoms with E-state index in [1.165, 1.54) is 6.07 Å². The van der Waals surface area contributed by atoms with E-state index in [2.05, 4.69) is 10.3 Å². The summed E-state index contributed by atoms with van der Waals surface area (Å²) in [5.41, 5.74) is 2.84. The van der Waals surface area contributed by atoms with Crippen molar-refractivity contribution in [3.8, 4) is 0 Å². The number of unbranched alkanes of at least 4 members (excludes halogenated alkanes) is 2. The number of carbonyl (C=O) groups is 1.